The van der Waals surface area contributed by atoms with Gasteiger partial charge in [-0.25, -0.2) is 0 Å². The van der Waals surface area contributed by atoms with Crippen molar-refractivity contribution in [2.24, 2.45) is 0 Å². The molecule has 0 aliphatic carbocycles. The van der Waals surface area contributed by atoms with Crippen LogP contribution in [0.3, 0.4) is 0 Å². The maximum absolute atomic E-state index is 13.0. The Morgan fingerprint density at radius 1 is 1.45 bits per heavy atom. The maximum Gasteiger partial charge on any atom is 0.435 e. The summed E-state index contributed by atoms with van der Waals surface area (Å²) in [5.74, 6) is -0.0812. The van der Waals surface area contributed by atoms with E-state index < -0.39 is 11.9 Å². The van der Waals surface area contributed by atoms with Gasteiger partial charge in [0.25, 0.3) is 0 Å². The van der Waals surface area contributed by atoms with Crippen LogP contribution in [0.5, 0.6) is 0 Å². The van der Waals surface area contributed by atoms with Gasteiger partial charge < -0.3 is 10.1 Å². The van der Waals surface area contributed by atoms with E-state index in [2.05, 4.69) is 10.4 Å². The quantitative estimate of drug-likeness (QED) is 0.875. The number of aromatic nitrogens is 2. The molecule has 22 heavy (non-hydrogen) atoms. The van der Waals surface area contributed by atoms with Crippen LogP contribution in [0.4, 0.5) is 13.2 Å². The second kappa shape index (κ2) is 7.13. The first kappa shape index (κ1) is 16.8. The summed E-state index contributed by atoms with van der Waals surface area (Å²) >= 11 is 0. The molecule has 0 saturated heterocycles. The number of nitrogens with one attached hydrogen (secondary N) is 1. The second-order valence-electron chi connectivity index (χ2n) is 5.25. The molecule has 0 fully saturated rings. The summed E-state index contributed by atoms with van der Waals surface area (Å²) in [4.78, 5) is 11.5. The highest BCUT2D eigenvalue weighted by atomic mass is 19.4. The zero-order valence-corrected chi connectivity index (χ0v) is 12.5. The predicted molar refractivity (Wildman–Crippen MR) is 73.1 cm³/mol. The SMILES string of the molecule is CCCCC(=O)NCCn1nc(C(F)(F)F)c2c1CCOC2. The fraction of sp³-hybridized carbons (Fsp3) is 0.714. The summed E-state index contributed by atoms with van der Waals surface area (Å²) < 4.78 is 45.4. The van der Waals surface area contributed by atoms with Gasteiger partial charge in [0.1, 0.15) is 0 Å². The van der Waals surface area contributed by atoms with Gasteiger partial charge in [0.2, 0.25) is 5.91 Å². The second-order valence-corrected chi connectivity index (χ2v) is 5.25. The molecule has 2 heterocycles. The number of ether oxygens (including phenoxy) is 1. The Balaban J connectivity index is 2.02. The monoisotopic (exact) mass is 319 g/mol. The smallest absolute Gasteiger partial charge is 0.376 e. The summed E-state index contributed by atoms with van der Waals surface area (Å²) in [5.41, 5.74) is -0.197. The van der Waals surface area contributed by atoms with Crippen LogP contribution in [-0.4, -0.2) is 28.8 Å². The summed E-state index contributed by atoms with van der Waals surface area (Å²) in [6.07, 6.45) is -1.91. The van der Waals surface area contributed by atoms with E-state index in [9.17, 15) is 18.0 Å². The Morgan fingerprint density at radius 2 is 2.23 bits per heavy atom. The number of hydrogen-bond donors (Lipinski definition) is 1. The average molecular weight is 319 g/mol. The lowest BCUT2D eigenvalue weighted by atomic mass is 10.1. The third-order valence-electron chi connectivity index (χ3n) is 3.57. The van der Waals surface area contributed by atoms with E-state index in [-0.39, 0.29) is 31.2 Å². The first-order chi connectivity index (χ1) is 10.4. The number of nitrogens with zero attached hydrogens (tertiary/aromatic N) is 2. The highest BCUT2D eigenvalue weighted by Gasteiger charge is 2.39. The lowest BCUT2D eigenvalue weighted by molar-refractivity contribution is -0.142. The molecule has 0 saturated carbocycles. The van der Waals surface area contributed by atoms with Crippen LogP contribution in [-0.2, 0) is 35.3 Å². The number of carbonyl (C=O) groups excluding carboxylic acids is 1. The number of alkyl halides is 3. The van der Waals surface area contributed by atoms with Gasteiger partial charge >= 0.3 is 6.18 Å². The van der Waals surface area contributed by atoms with E-state index in [1.165, 1.54) is 4.68 Å². The number of halogens is 3. The minimum absolute atomic E-state index is 0.0625. The Bertz CT molecular complexity index is 526. The van der Waals surface area contributed by atoms with Crippen LogP contribution in [0.2, 0.25) is 0 Å². The van der Waals surface area contributed by atoms with Crippen molar-refractivity contribution in [1.29, 1.82) is 0 Å². The van der Waals surface area contributed by atoms with E-state index >= 15 is 0 Å². The molecule has 5 nitrogen and oxygen atoms in total. The van der Waals surface area contributed by atoms with E-state index in [0.29, 0.717) is 25.1 Å². The van der Waals surface area contributed by atoms with Crippen LogP contribution < -0.4 is 5.32 Å². The van der Waals surface area contributed by atoms with Crippen molar-refractivity contribution < 1.29 is 22.7 Å². The molecular formula is C14H20F3N3O2. The molecule has 1 N–H and O–H groups in total. The average Bonchev–Trinajstić information content (AvgIpc) is 2.84. The molecule has 0 unspecified atom stereocenters. The fourth-order valence-electron chi connectivity index (χ4n) is 2.45. The Hall–Kier alpha value is -1.57. The summed E-state index contributed by atoms with van der Waals surface area (Å²) in [6, 6.07) is 0. The van der Waals surface area contributed by atoms with Crippen molar-refractivity contribution in [2.45, 2.75) is 51.9 Å². The molecule has 124 valence electrons. The van der Waals surface area contributed by atoms with Crippen molar-refractivity contribution in [3.05, 3.63) is 17.0 Å². The van der Waals surface area contributed by atoms with E-state index in [1.54, 1.807) is 0 Å². The summed E-state index contributed by atoms with van der Waals surface area (Å²) in [7, 11) is 0. The summed E-state index contributed by atoms with van der Waals surface area (Å²) in [6.45, 7) is 2.82. The van der Waals surface area contributed by atoms with Gasteiger partial charge in [-0.2, -0.15) is 18.3 Å². The van der Waals surface area contributed by atoms with Crippen LogP contribution in [0.15, 0.2) is 0 Å². The lowest BCUT2D eigenvalue weighted by Crippen LogP contribution is -2.28. The largest absolute Gasteiger partial charge is 0.435 e. The minimum atomic E-state index is -4.49. The van der Waals surface area contributed by atoms with Gasteiger partial charge in [0, 0.05) is 30.6 Å². The number of hydrogen-bond acceptors (Lipinski definition) is 3. The topological polar surface area (TPSA) is 56.2 Å². The first-order valence-electron chi connectivity index (χ1n) is 7.43. The van der Waals surface area contributed by atoms with Crippen molar-refractivity contribution >= 4 is 5.91 Å². The third kappa shape index (κ3) is 4.00. The van der Waals surface area contributed by atoms with Crippen molar-refractivity contribution in [1.82, 2.24) is 15.1 Å². The first-order valence-corrected chi connectivity index (χ1v) is 7.43. The van der Waals surface area contributed by atoms with Crippen LogP contribution >= 0.6 is 0 Å². The Morgan fingerprint density at radius 3 is 2.91 bits per heavy atom. The number of amides is 1. The number of fused-ring (bicyclic) bond motifs is 1. The third-order valence-corrected chi connectivity index (χ3v) is 3.57. The van der Waals surface area contributed by atoms with Crippen molar-refractivity contribution in [3.63, 3.8) is 0 Å². The molecule has 1 aliphatic rings. The zero-order chi connectivity index (χ0) is 16.2. The van der Waals surface area contributed by atoms with Gasteiger partial charge in [-0.3, -0.25) is 9.48 Å². The molecule has 1 aromatic heterocycles. The molecule has 1 aliphatic heterocycles. The highest BCUT2D eigenvalue weighted by Crippen LogP contribution is 2.34. The maximum atomic E-state index is 13.0. The van der Waals surface area contributed by atoms with Gasteiger partial charge in [-0.05, 0) is 6.42 Å². The predicted octanol–water partition coefficient (Wildman–Crippen LogP) is 2.28. The molecule has 8 heteroatoms. The van der Waals surface area contributed by atoms with E-state index in [0.717, 1.165) is 12.8 Å². The normalized spacial score (nSPS) is 14.7. The molecule has 1 amide bonds. The minimum Gasteiger partial charge on any atom is -0.376 e. The summed E-state index contributed by atoms with van der Waals surface area (Å²) in [5, 5.41) is 6.39. The van der Waals surface area contributed by atoms with Crippen LogP contribution in [0.1, 0.15) is 43.1 Å². The number of rotatable bonds is 6. The molecule has 1 aromatic rings. The highest BCUT2D eigenvalue weighted by molar-refractivity contribution is 5.75. The van der Waals surface area contributed by atoms with Gasteiger partial charge in [0.05, 0.1) is 19.8 Å². The van der Waals surface area contributed by atoms with Crippen molar-refractivity contribution in [3.8, 4) is 0 Å². The van der Waals surface area contributed by atoms with Gasteiger partial charge in [0.15, 0.2) is 5.69 Å². The van der Waals surface area contributed by atoms with Crippen molar-refractivity contribution in [2.75, 3.05) is 13.2 Å². The molecule has 0 aromatic carbocycles. The van der Waals surface area contributed by atoms with E-state index in [4.69, 9.17) is 4.74 Å². The van der Waals surface area contributed by atoms with Crippen LogP contribution in [0, 0.1) is 0 Å². The molecule has 0 bridgehead atoms. The van der Waals surface area contributed by atoms with Gasteiger partial charge in [-0.15, -0.1) is 0 Å². The molecular weight excluding hydrogens is 299 g/mol. The molecule has 2 rings (SSSR count). The Kier molecular flexibility index (Phi) is 5.44. The Labute approximate surface area is 126 Å². The van der Waals surface area contributed by atoms with Crippen LogP contribution in [0.25, 0.3) is 0 Å². The van der Waals surface area contributed by atoms with E-state index in [1.807, 2.05) is 6.92 Å². The molecule has 0 radical (unpaired) electrons. The number of carbonyl (C=O) groups is 1. The molecule has 0 atom stereocenters. The lowest BCUT2D eigenvalue weighted by Gasteiger charge is -2.15. The fourth-order valence-corrected chi connectivity index (χ4v) is 2.45. The zero-order valence-electron chi connectivity index (χ0n) is 12.5. The molecule has 0 spiro atoms. The standard InChI is InChI=1S/C14H20F3N3O2/c1-2-3-4-12(21)18-6-7-20-11-5-8-22-9-10(11)13(19-20)14(15,16)17/h2-9H2,1H3,(H,18,21). The van der Waals surface area contributed by atoms with Gasteiger partial charge in [-0.1, -0.05) is 13.3 Å². The number of unbranched alkanes of at least 4 members (excludes halogenated alkanes) is 1.